The Morgan fingerprint density at radius 2 is 1.28 bits per heavy atom. The van der Waals surface area contributed by atoms with Crippen LogP contribution in [0.3, 0.4) is 0 Å². The van der Waals surface area contributed by atoms with E-state index in [0.29, 0.717) is 25.7 Å². The molecule has 326 valence electrons. The Morgan fingerprint density at radius 3 is 1.88 bits per heavy atom. The highest BCUT2D eigenvalue weighted by Gasteiger charge is 2.71. The molecule has 2 heterocycles. The van der Waals surface area contributed by atoms with Crippen LogP contribution < -0.4 is 0 Å². The molecule has 5 aliphatic carbocycles. The van der Waals surface area contributed by atoms with Crippen molar-refractivity contribution in [1.82, 2.24) is 0 Å². The topological polar surface area (TPSA) is 267 Å². The maximum absolute atomic E-state index is 14.8. The van der Waals surface area contributed by atoms with Gasteiger partial charge in [0.25, 0.3) is 0 Å². The number of carbonyl (C=O) groups excluding carboxylic acids is 1. The molecule has 0 radical (unpaired) electrons. The van der Waals surface area contributed by atoms with Crippen LogP contribution >= 0.6 is 0 Å². The van der Waals surface area contributed by atoms with Crippen LogP contribution in [0.5, 0.6) is 0 Å². The number of ketones is 1. The summed E-state index contributed by atoms with van der Waals surface area (Å²) in [6.07, 6.45) is -12.2. The van der Waals surface area contributed by atoms with Crippen molar-refractivity contribution >= 4 is 23.7 Å². The molecule has 6 fully saturated rings. The maximum atomic E-state index is 14.8. The third-order valence-electron chi connectivity index (χ3n) is 17.2. The van der Waals surface area contributed by atoms with Gasteiger partial charge in [-0.15, -0.1) is 0 Å². The predicted molar refractivity (Wildman–Crippen MR) is 199 cm³/mol. The summed E-state index contributed by atoms with van der Waals surface area (Å²) < 4.78 is 23.4. The molecule has 2 saturated heterocycles. The van der Waals surface area contributed by atoms with Gasteiger partial charge >= 0.3 is 17.9 Å². The van der Waals surface area contributed by atoms with Crippen molar-refractivity contribution < 1.29 is 79.0 Å². The standard InChI is InChI=1S/C42H62O16/c1-37(2)21-8-11-42(7)31(20(43)16-18-19-17-39(4,36(53)54)13-12-38(19,3)14-15-41(18,42)6)40(21,5)10-9-22(37)55-35-30(26(47)25(46)29(57-35)33(51)52)58-34-27(48)23(44)24(45)28(56-34)32(49)50/h16,19,21-31,34-35,44-48H,8-15,17H2,1-7H3,(H,49,50)(H,51,52)(H,53,54)/t19-,21+,22+,23+,24+,25+,26+,27-,28+,29+,30-,31-,34+,35+,38-,39+,40+,41-,42-/m0/s1. The van der Waals surface area contributed by atoms with Crippen molar-refractivity contribution in [3.63, 3.8) is 0 Å². The number of aliphatic hydroxyl groups excluding tert-OH is 5. The highest BCUT2D eigenvalue weighted by atomic mass is 16.8. The summed E-state index contributed by atoms with van der Waals surface area (Å²) >= 11 is 0. The van der Waals surface area contributed by atoms with Gasteiger partial charge in [-0.05, 0) is 110 Å². The van der Waals surface area contributed by atoms with Gasteiger partial charge in [0.2, 0.25) is 0 Å². The monoisotopic (exact) mass is 822 g/mol. The van der Waals surface area contributed by atoms with Crippen molar-refractivity contribution in [3.8, 4) is 0 Å². The second-order valence-corrected chi connectivity index (χ2v) is 20.6. The Balaban J connectivity index is 1.17. The van der Waals surface area contributed by atoms with E-state index in [9.17, 15) is 60.0 Å². The molecular weight excluding hydrogens is 760 g/mol. The molecule has 19 atom stereocenters. The van der Waals surface area contributed by atoms with E-state index in [4.69, 9.17) is 18.9 Å². The van der Waals surface area contributed by atoms with Gasteiger partial charge in [0.05, 0.1) is 11.5 Å². The first-order chi connectivity index (χ1) is 26.8. The van der Waals surface area contributed by atoms with Gasteiger partial charge in [-0.1, -0.05) is 47.1 Å². The lowest BCUT2D eigenvalue weighted by Gasteiger charge is -2.70. The first-order valence-corrected chi connectivity index (χ1v) is 20.7. The molecule has 2 aliphatic heterocycles. The lowest BCUT2D eigenvalue weighted by Crippen LogP contribution is -2.68. The van der Waals surface area contributed by atoms with Crippen molar-refractivity contribution in [1.29, 1.82) is 0 Å². The van der Waals surface area contributed by atoms with Crippen LogP contribution in [-0.4, -0.2) is 132 Å². The molecule has 0 amide bonds. The molecule has 16 nitrogen and oxygen atoms in total. The lowest BCUT2D eigenvalue weighted by atomic mass is 9.33. The van der Waals surface area contributed by atoms with E-state index in [1.807, 2.05) is 26.8 Å². The Hall–Kier alpha value is -2.54. The predicted octanol–water partition coefficient (Wildman–Crippen LogP) is 2.25. The summed E-state index contributed by atoms with van der Waals surface area (Å²) in [5, 5.41) is 83.0. The minimum absolute atomic E-state index is 0.0217. The van der Waals surface area contributed by atoms with Crippen molar-refractivity contribution in [3.05, 3.63) is 11.6 Å². The highest BCUT2D eigenvalue weighted by Crippen LogP contribution is 2.75. The molecule has 0 unspecified atom stereocenters. The molecule has 0 spiro atoms. The number of aliphatic hydroxyl groups is 5. The molecule has 58 heavy (non-hydrogen) atoms. The Labute approximate surface area is 337 Å². The van der Waals surface area contributed by atoms with Gasteiger partial charge in [-0.2, -0.15) is 0 Å². The number of hydrogen-bond acceptors (Lipinski definition) is 13. The second-order valence-electron chi connectivity index (χ2n) is 20.6. The number of fused-ring (bicyclic) bond motifs is 7. The average Bonchev–Trinajstić information content (AvgIpc) is 3.13. The number of carboxylic acids is 3. The fourth-order valence-corrected chi connectivity index (χ4v) is 13.4. The van der Waals surface area contributed by atoms with Crippen molar-refractivity contribution in [2.24, 2.45) is 50.2 Å². The Kier molecular flexibility index (Phi) is 10.7. The Bertz CT molecular complexity index is 1730. The maximum Gasteiger partial charge on any atom is 0.335 e. The number of ether oxygens (including phenoxy) is 4. The van der Waals surface area contributed by atoms with E-state index >= 15 is 0 Å². The SMILES string of the molecule is CC1(C)[C@H]2CC[C@@]3(C)[C@@H](C(=O)C=C4[C@@H]5C[C@](C)(C(=O)O)CC[C@@]5(C)CC[C@@]43C)[C@]2(C)CC[C@H]1O[C@@H]1O[C@@H](C(=O)O)[C@H](O)[C@@H](O)[C@@H]1O[C@H]1O[C@@H](C(=O)O)[C@H](O)[C@@H](O)[C@@H]1O. The summed E-state index contributed by atoms with van der Waals surface area (Å²) in [6, 6.07) is 0. The minimum Gasteiger partial charge on any atom is -0.481 e. The molecule has 4 saturated carbocycles. The summed E-state index contributed by atoms with van der Waals surface area (Å²) in [6.45, 7) is 14.8. The quantitative estimate of drug-likeness (QED) is 0.171. The largest absolute Gasteiger partial charge is 0.481 e. The van der Waals surface area contributed by atoms with E-state index in [0.717, 1.165) is 37.7 Å². The fourth-order valence-electron chi connectivity index (χ4n) is 13.4. The second kappa shape index (κ2) is 14.3. The van der Waals surface area contributed by atoms with Gasteiger partial charge in [0, 0.05) is 5.92 Å². The van der Waals surface area contributed by atoms with E-state index in [1.165, 1.54) is 0 Å². The number of aliphatic carboxylic acids is 3. The molecule has 8 N–H and O–H groups in total. The molecule has 0 aromatic heterocycles. The molecule has 0 aromatic rings. The van der Waals surface area contributed by atoms with E-state index in [2.05, 4.69) is 27.7 Å². The van der Waals surface area contributed by atoms with Gasteiger partial charge in [-0.25, -0.2) is 9.59 Å². The van der Waals surface area contributed by atoms with Gasteiger partial charge in [0.1, 0.15) is 36.6 Å². The van der Waals surface area contributed by atoms with Crippen molar-refractivity contribution in [2.45, 2.75) is 174 Å². The first kappa shape index (κ1) is 43.5. The third kappa shape index (κ3) is 6.25. The van der Waals surface area contributed by atoms with Gasteiger partial charge in [0.15, 0.2) is 30.6 Å². The first-order valence-electron chi connectivity index (χ1n) is 20.7. The number of carbonyl (C=O) groups is 4. The number of hydrogen-bond donors (Lipinski definition) is 8. The van der Waals surface area contributed by atoms with Crippen LogP contribution in [0.2, 0.25) is 0 Å². The molecule has 7 aliphatic rings. The number of carboxylic acid groups (broad SMARTS) is 3. The summed E-state index contributed by atoms with van der Waals surface area (Å²) in [5.41, 5.74) is -1.81. The van der Waals surface area contributed by atoms with Crippen molar-refractivity contribution in [2.75, 3.05) is 0 Å². The molecule has 0 bridgehead atoms. The molecule has 16 heteroatoms. The summed E-state index contributed by atoms with van der Waals surface area (Å²) in [5.74, 6) is -4.47. The minimum atomic E-state index is -2.05. The summed E-state index contributed by atoms with van der Waals surface area (Å²) in [7, 11) is 0. The van der Waals surface area contributed by atoms with E-state index in [-0.39, 0.29) is 34.4 Å². The van der Waals surface area contributed by atoms with Gasteiger partial charge < -0.3 is 59.8 Å². The zero-order valence-electron chi connectivity index (χ0n) is 34.4. The molecular formula is C42H62O16. The Morgan fingerprint density at radius 1 is 0.690 bits per heavy atom. The van der Waals surface area contributed by atoms with Gasteiger partial charge in [-0.3, -0.25) is 9.59 Å². The average molecular weight is 823 g/mol. The van der Waals surface area contributed by atoms with Crippen LogP contribution in [-0.2, 0) is 38.1 Å². The summed E-state index contributed by atoms with van der Waals surface area (Å²) in [4.78, 5) is 51.3. The highest BCUT2D eigenvalue weighted by molar-refractivity contribution is 5.95. The smallest absolute Gasteiger partial charge is 0.335 e. The van der Waals surface area contributed by atoms with Crippen LogP contribution in [0, 0.1) is 50.2 Å². The fraction of sp³-hybridized carbons (Fsp3) is 0.857. The molecule has 7 rings (SSSR count). The van der Waals surface area contributed by atoms with Crippen LogP contribution in [0.15, 0.2) is 11.6 Å². The lowest BCUT2D eigenvalue weighted by molar-refractivity contribution is -0.371. The number of rotatable bonds is 7. The van der Waals surface area contributed by atoms with E-state index < -0.39 is 107 Å². The van der Waals surface area contributed by atoms with Crippen LogP contribution in [0.1, 0.15) is 106 Å². The zero-order chi connectivity index (χ0) is 42.9. The van der Waals surface area contributed by atoms with Crippen LogP contribution in [0.25, 0.3) is 0 Å². The molecule has 0 aromatic carbocycles. The number of allylic oxidation sites excluding steroid dienone is 2. The van der Waals surface area contributed by atoms with Crippen LogP contribution in [0.4, 0.5) is 0 Å². The van der Waals surface area contributed by atoms with E-state index in [1.54, 1.807) is 0 Å². The zero-order valence-corrected chi connectivity index (χ0v) is 34.4. The third-order valence-corrected chi connectivity index (χ3v) is 17.2. The normalized spacial score (nSPS) is 52.6.